The van der Waals surface area contributed by atoms with Crippen molar-refractivity contribution in [1.82, 2.24) is 4.90 Å². The van der Waals surface area contributed by atoms with Crippen molar-refractivity contribution in [2.24, 2.45) is 22.7 Å². The minimum absolute atomic E-state index is 0.0852. The number of rotatable bonds is 2. The van der Waals surface area contributed by atoms with Gasteiger partial charge < -0.3 is 9.47 Å². The van der Waals surface area contributed by atoms with E-state index < -0.39 is 0 Å². The Morgan fingerprint density at radius 2 is 1.91 bits per heavy atom. The molecule has 2 bridgehead atoms. The van der Waals surface area contributed by atoms with Crippen LogP contribution in [0.2, 0.25) is 0 Å². The van der Waals surface area contributed by atoms with E-state index in [1.807, 2.05) is 0 Å². The molecule has 0 aromatic heterocycles. The molecule has 2 aliphatic carbocycles. The molecule has 0 amide bonds. The molecule has 4 heteroatoms. The summed E-state index contributed by atoms with van der Waals surface area (Å²) in [7, 11) is 0. The first-order valence-electron chi connectivity index (χ1n) is 9.32. The van der Waals surface area contributed by atoms with Gasteiger partial charge in [0.05, 0.1) is 30.8 Å². The Morgan fingerprint density at radius 3 is 2.65 bits per heavy atom. The largest absolute Gasteiger partial charge is 0.379 e. The van der Waals surface area contributed by atoms with Gasteiger partial charge in [0.15, 0.2) is 0 Å². The van der Waals surface area contributed by atoms with Crippen LogP contribution in [0.5, 0.6) is 0 Å². The van der Waals surface area contributed by atoms with Gasteiger partial charge in [-0.15, -0.1) is 0 Å². The van der Waals surface area contributed by atoms with Crippen LogP contribution in [0.3, 0.4) is 0 Å². The van der Waals surface area contributed by atoms with Crippen LogP contribution < -0.4 is 0 Å². The Morgan fingerprint density at radius 1 is 1.17 bits per heavy atom. The third-order valence-corrected chi connectivity index (χ3v) is 7.31. The van der Waals surface area contributed by atoms with Gasteiger partial charge in [-0.2, -0.15) is 0 Å². The fourth-order valence-corrected chi connectivity index (χ4v) is 5.84. The number of fused-ring (bicyclic) bond motifs is 1. The van der Waals surface area contributed by atoms with Crippen LogP contribution in [0.15, 0.2) is 0 Å². The molecule has 2 heterocycles. The van der Waals surface area contributed by atoms with E-state index >= 15 is 0 Å². The third kappa shape index (κ3) is 2.49. The van der Waals surface area contributed by atoms with Gasteiger partial charge in [-0.05, 0) is 50.4 Å². The molecule has 2 aliphatic heterocycles. The summed E-state index contributed by atoms with van der Waals surface area (Å²) in [4.78, 5) is 15.7. The van der Waals surface area contributed by atoms with E-state index in [9.17, 15) is 4.79 Å². The summed E-state index contributed by atoms with van der Waals surface area (Å²) in [6, 6.07) is 0. The van der Waals surface area contributed by atoms with Gasteiger partial charge in [-0.1, -0.05) is 6.92 Å². The van der Waals surface area contributed by atoms with Gasteiger partial charge in [-0.3, -0.25) is 9.69 Å². The van der Waals surface area contributed by atoms with Gasteiger partial charge in [0, 0.05) is 26.1 Å². The molecule has 4 rings (SSSR count). The summed E-state index contributed by atoms with van der Waals surface area (Å²) in [6.45, 7) is 11.8. The highest BCUT2D eigenvalue weighted by atomic mass is 16.5. The number of ketones is 1. The molecule has 4 aliphatic rings. The molecule has 23 heavy (non-hydrogen) atoms. The van der Waals surface area contributed by atoms with Gasteiger partial charge in [0.1, 0.15) is 5.78 Å². The van der Waals surface area contributed by atoms with Gasteiger partial charge >= 0.3 is 0 Å². The molecule has 2 saturated heterocycles. The maximum Gasteiger partial charge on any atom is 0.143 e. The zero-order valence-corrected chi connectivity index (χ0v) is 14.9. The van der Waals surface area contributed by atoms with Crippen LogP contribution >= 0.6 is 0 Å². The second-order valence-electron chi connectivity index (χ2n) is 9.30. The molecule has 4 atom stereocenters. The van der Waals surface area contributed by atoms with Crippen molar-refractivity contribution in [3.8, 4) is 0 Å². The van der Waals surface area contributed by atoms with Gasteiger partial charge in [-0.25, -0.2) is 0 Å². The summed E-state index contributed by atoms with van der Waals surface area (Å²) in [5.74, 6) is 1.49. The Kier molecular flexibility index (Phi) is 3.68. The lowest BCUT2D eigenvalue weighted by atomic mass is 9.46. The van der Waals surface area contributed by atoms with E-state index in [1.165, 1.54) is 19.3 Å². The number of carbonyl (C=O) groups excluding carboxylic acids is 1. The lowest BCUT2D eigenvalue weighted by molar-refractivity contribution is -0.226. The summed E-state index contributed by atoms with van der Waals surface area (Å²) in [5.41, 5.74) is -0.115. The van der Waals surface area contributed by atoms with Gasteiger partial charge in [0.2, 0.25) is 0 Å². The van der Waals surface area contributed by atoms with Crippen molar-refractivity contribution in [2.45, 2.75) is 52.1 Å². The average Bonchev–Trinajstić information content (AvgIpc) is 2.50. The molecule has 2 unspecified atom stereocenters. The van der Waals surface area contributed by atoms with E-state index in [4.69, 9.17) is 9.47 Å². The maximum atomic E-state index is 13.3. The maximum absolute atomic E-state index is 13.3. The monoisotopic (exact) mass is 321 g/mol. The second kappa shape index (κ2) is 5.27. The van der Waals surface area contributed by atoms with Crippen molar-refractivity contribution in [3.63, 3.8) is 0 Å². The average molecular weight is 321 g/mol. The Hall–Kier alpha value is -0.450. The standard InChI is InChI=1S/C19H31NO3/c1-17(2)14-4-5-18(3)10-15(14)19(13-23-17,16(21)11-18)12-20-6-8-22-9-7-20/h14-15H,4-13H2,1-3H3/t14?,15?,18-,19+/m0/s1. The quantitative estimate of drug-likeness (QED) is 0.783. The van der Waals surface area contributed by atoms with E-state index in [1.54, 1.807) is 0 Å². The number of hydrogen-bond donors (Lipinski definition) is 0. The highest BCUT2D eigenvalue weighted by Gasteiger charge is 2.63. The number of ether oxygens (including phenoxy) is 2. The highest BCUT2D eigenvalue weighted by Crippen LogP contribution is 2.61. The van der Waals surface area contributed by atoms with Crippen molar-refractivity contribution in [3.05, 3.63) is 0 Å². The van der Waals surface area contributed by atoms with E-state index in [-0.39, 0.29) is 16.4 Å². The molecular weight excluding hydrogens is 290 g/mol. The molecule has 2 saturated carbocycles. The van der Waals surface area contributed by atoms with E-state index in [0.717, 1.165) is 39.3 Å². The summed E-state index contributed by atoms with van der Waals surface area (Å²) in [6.07, 6.45) is 4.36. The predicted octanol–water partition coefficient (Wildman–Crippen LogP) is 2.51. The molecular formula is C19H31NO3. The van der Waals surface area contributed by atoms with E-state index in [0.29, 0.717) is 24.2 Å². The summed E-state index contributed by atoms with van der Waals surface area (Å²) in [5, 5.41) is 0. The SMILES string of the molecule is CC1(C)OC[C@@]2(CN3CCOCC3)C(=O)C[C@@]3(C)CCC1C2C3. The van der Waals surface area contributed by atoms with E-state index in [2.05, 4.69) is 25.7 Å². The number of nitrogens with zero attached hydrogens (tertiary/aromatic N) is 1. The summed E-state index contributed by atoms with van der Waals surface area (Å²) >= 11 is 0. The Bertz CT molecular complexity index is 499. The van der Waals surface area contributed by atoms with Crippen molar-refractivity contribution in [2.75, 3.05) is 39.5 Å². The number of Topliss-reactive ketones (excluding diaryl/α,β-unsaturated/α-hetero) is 1. The molecule has 0 aromatic carbocycles. The molecule has 4 fully saturated rings. The van der Waals surface area contributed by atoms with Crippen LogP contribution in [0.1, 0.15) is 46.5 Å². The van der Waals surface area contributed by atoms with Crippen LogP contribution in [-0.4, -0.2) is 55.7 Å². The molecule has 130 valence electrons. The third-order valence-electron chi connectivity index (χ3n) is 7.31. The zero-order chi connectivity index (χ0) is 16.3. The van der Waals surface area contributed by atoms with Crippen LogP contribution in [-0.2, 0) is 14.3 Å². The lowest BCUT2D eigenvalue weighted by Gasteiger charge is -2.62. The predicted molar refractivity (Wildman–Crippen MR) is 88.3 cm³/mol. The first-order valence-corrected chi connectivity index (χ1v) is 9.32. The number of hydrogen-bond acceptors (Lipinski definition) is 4. The Labute approximate surface area is 139 Å². The minimum atomic E-state index is -0.266. The normalized spacial score (nSPS) is 46.7. The highest BCUT2D eigenvalue weighted by molar-refractivity contribution is 5.87. The fourth-order valence-electron chi connectivity index (χ4n) is 5.84. The van der Waals surface area contributed by atoms with Crippen molar-refractivity contribution < 1.29 is 14.3 Å². The number of morpholine rings is 1. The first kappa shape index (κ1) is 16.0. The van der Waals surface area contributed by atoms with Crippen LogP contribution in [0.4, 0.5) is 0 Å². The van der Waals surface area contributed by atoms with Crippen LogP contribution in [0.25, 0.3) is 0 Å². The van der Waals surface area contributed by atoms with Crippen molar-refractivity contribution in [1.29, 1.82) is 0 Å². The Balaban J connectivity index is 1.67. The molecule has 0 aromatic rings. The fraction of sp³-hybridized carbons (Fsp3) is 0.947. The first-order chi connectivity index (χ1) is 10.8. The second-order valence-corrected chi connectivity index (χ2v) is 9.30. The lowest BCUT2D eigenvalue weighted by Crippen LogP contribution is -2.66. The zero-order valence-electron chi connectivity index (χ0n) is 14.9. The molecule has 0 N–H and O–H groups in total. The molecule has 4 nitrogen and oxygen atoms in total. The molecule has 0 radical (unpaired) electrons. The smallest absolute Gasteiger partial charge is 0.143 e. The van der Waals surface area contributed by atoms with Crippen molar-refractivity contribution >= 4 is 5.78 Å². The molecule has 0 spiro atoms. The number of carbonyl (C=O) groups is 1. The topological polar surface area (TPSA) is 38.8 Å². The minimum Gasteiger partial charge on any atom is -0.379 e. The summed E-state index contributed by atoms with van der Waals surface area (Å²) < 4.78 is 11.8. The van der Waals surface area contributed by atoms with Crippen LogP contribution in [0, 0.1) is 22.7 Å². The van der Waals surface area contributed by atoms with Gasteiger partial charge in [0.25, 0.3) is 0 Å².